The molecule has 0 radical (unpaired) electrons. The van der Waals surface area contributed by atoms with Gasteiger partial charge in [0, 0.05) is 32.9 Å². The van der Waals surface area contributed by atoms with Crippen LogP contribution in [0.15, 0.2) is 12.4 Å². The van der Waals surface area contributed by atoms with Gasteiger partial charge < -0.3 is 15.0 Å². The highest BCUT2D eigenvalue weighted by atomic mass is 16.5. The number of rotatable bonds is 5. The van der Waals surface area contributed by atoms with Crippen LogP contribution in [0, 0.1) is 17.2 Å². The molecule has 1 N–H and O–H groups in total. The third kappa shape index (κ3) is 4.07. The first kappa shape index (κ1) is 13.6. The van der Waals surface area contributed by atoms with Crippen molar-refractivity contribution in [3.05, 3.63) is 12.4 Å². The Bertz CT molecular complexity index is 439. The van der Waals surface area contributed by atoms with Crippen molar-refractivity contribution < 1.29 is 4.74 Å². The van der Waals surface area contributed by atoms with Gasteiger partial charge in [-0.25, -0.2) is 9.97 Å². The van der Waals surface area contributed by atoms with Gasteiger partial charge in [-0.3, -0.25) is 0 Å². The van der Waals surface area contributed by atoms with Crippen molar-refractivity contribution in [2.24, 2.45) is 5.92 Å². The zero-order valence-electron chi connectivity index (χ0n) is 11.2. The number of nitrogens with zero attached hydrogens (tertiary/aromatic N) is 4. The van der Waals surface area contributed by atoms with E-state index in [1.165, 1.54) is 6.33 Å². The molecule has 1 saturated heterocycles. The highest BCUT2D eigenvalue weighted by molar-refractivity contribution is 5.48. The summed E-state index contributed by atoms with van der Waals surface area (Å²) in [6, 6.07) is 3.90. The quantitative estimate of drug-likeness (QED) is 0.805. The van der Waals surface area contributed by atoms with Crippen LogP contribution in [0.1, 0.15) is 12.8 Å². The Morgan fingerprint density at radius 1 is 1.47 bits per heavy atom. The maximum absolute atomic E-state index is 8.54. The molecule has 6 nitrogen and oxygen atoms in total. The first-order valence-electron chi connectivity index (χ1n) is 6.51. The molecule has 102 valence electrons. The van der Waals surface area contributed by atoms with Crippen LogP contribution >= 0.6 is 0 Å². The van der Waals surface area contributed by atoms with Crippen LogP contribution < -0.4 is 10.2 Å². The predicted octanol–water partition coefficient (Wildman–Crippen LogP) is 1.27. The van der Waals surface area contributed by atoms with E-state index in [2.05, 4.69) is 20.2 Å². The Morgan fingerprint density at radius 3 is 3.00 bits per heavy atom. The van der Waals surface area contributed by atoms with Gasteiger partial charge in [0.25, 0.3) is 0 Å². The van der Waals surface area contributed by atoms with Gasteiger partial charge in [-0.2, -0.15) is 5.26 Å². The van der Waals surface area contributed by atoms with E-state index in [1.807, 2.05) is 19.2 Å². The van der Waals surface area contributed by atoms with Gasteiger partial charge in [-0.1, -0.05) is 0 Å². The zero-order chi connectivity index (χ0) is 13.5. The highest BCUT2D eigenvalue weighted by Gasteiger charge is 2.16. The van der Waals surface area contributed by atoms with E-state index in [0.29, 0.717) is 11.7 Å². The second-order valence-corrected chi connectivity index (χ2v) is 4.71. The summed E-state index contributed by atoms with van der Waals surface area (Å²) >= 11 is 0. The van der Waals surface area contributed by atoms with Gasteiger partial charge in [0.2, 0.25) is 0 Å². The van der Waals surface area contributed by atoms with E-state index in [1.54, 1.807) is 0 Å². The predicted molar refractivity (Wildman–Crippen MR) is 72.9 cm³/mol. The van der Waals surface area contributed by atoms with Gasteiger partial charge >= 0.3 is 0 Å². The molecular weight excluding hydrogens is 242 g/mol. The molecular formula is C13H19N5O. The van der Waals surface area contributed by atoms with Gasteiger partial charge in [-0.15, -0.1) is 0 Å². The first-order valence-corrected chi connectivity index (χ1v) is 6.51. The monoisotopic (exact) mass is 261 g/mol. The summed E-state index contributed by atoms with van der Waals surface area (Å²) in [4.78, 5) is 10.5. The van der Waals surface area contributed by atoms with Crippen LogP contribution in [0.25, 0.3) is 0 Å². The molecule has 2 rings (SSSR count). The van der Waals surface area contributed by atoms with Crippen LogP contribution in [0.3, 0.4) is 0 Å². The topological polar surface area (TPSA) is 74.1 Å². The molecule has 1 aromatic heterocycles. The fraction of sp³-hybridized carbons (Fsp3) is 0.615. The van der Waals surface area contributed by atoms with Crippen molar-refractivity contribution in [1.29, 1.82) is 5.26 Å². The second kappa shape index (κ2) is 6.90. The summed E-state index contributed by atoms with van der Waals surface area (Å²) in [6.07, 6.45) is 3.74. The van der Waals surface area contributed by atoms with Gasteiger partial charge in [-0.05, 0) is 18.8 Å². The van der Waals surface area contributed by atoms with Crippen molar-refractivity contribution in [3.8, 4) is 6.07 Å². The Labute approximate surface area is 113 Å². The molecule has 0 saturated carbocycles. The molecule has 6 heteroatoms. The summed E-state index contributed by atoms with van der Waals surface area (Å²) < 4.78 is 5.37. The summed E-state index contributed by atoms with van der Waals surface area (Å²) in [5.41, 5.74) is 0. The number of ether oxygens (including phenoxy) is 1. The summed E-state index contributed by atoms with van der Waals surface area (Å²) in [5.74, 6) is 2.22. The molecule has 0 unspecified atom stereocenters. The molecule has 0 aromatic carbocycles. The minimum atomic E-state index is 0.250. The Balaban J connectivity index is 1.94. The van der Waals surface area contributed by atoms with Crippen LogP contribution in [0.5, 0.6) is 0 Å². The van der Waals surface area contributed by atoms with Crippen LogP contribution in [0.2, 0.25) is 0 Å². The molecule has 2 heterocycles. The standard InChI is InChI=1S/C13H19N5O/c1-18(9-11-2-6-19-7-3-11)13-8-12(15-5-4-14)16-10-17-13/h8,10-11H,2-3,5-7,9H2,1H3,(H,15,16,17). The minimum absolute atomic E-state index is 0.250. The lowest BCUT2D eigenvalue weighted by Gasteiger charge is -2.27. The Kier molecular flexibility index (Phi) is 4.93. The molecule has 1 fully saturated rings. The largest absolute Gasteiger partial charge is 0.381 e. The van der Waals surface area contributed by atoms with E-state index >= 15 is 0 Å². The Morgan fingerprint density at radius 2 is 2.26 bits per heavy atom. The lowest BCUT2D eigenvalue weighted by atomic mass is 10.00. The van der Waals surface area contributed by atoms with E-state index in [4.69, 9.17) is 10.00 Å². The van der Waals surface area contributed by atoms with Gasteiger partial charge in [0.05, 0.1) is 6.07 Å². The normalized spacial score (nSPS) is 15.8. The maximum atomic E-state index is 8.54. The van der Waals surface area contributed by atoms with E-state index in [-0.39, 0.29) is 6.54 Å². The molecule has 1 aliphatic rings. The molecule has 0 atom stereocenters. The third-order valence-electron chi connectivity index (χ3n) is 3.27. The van der Waals surface area contributed by atoms with Crippen molar-refractivity contribution in [3.63, 3.8) is 0 Å². The number of hydrogen-bond acceptors (Lipinski definition) is 6. The number of nitrogens with one attached hydrogen (secondary N) is 1. The minimum Gasteiger partial charge on any atom is -0.381 e. The van der Waals surface area contributed by atoms with Crippen molar-refractivity contribution >= 4 is 11.6 Å². The van der Waals surface area contributed by atoms with E-state index in [0.717, 1.165) is 38.4 Å². The van der Waals surface area contributed by atoms with Crippen LogP contribution in [-0.2, 0) is 4.74 Å². The van der Waals surface area contributed by atoms with Crippen LogP contribution in [-0.4, -0.2) is 43.3 Å². The van der Waals surface area contributed by atoms with Crippen LogP contribution in [0.4, 0.5) is 11.6 Å². The summed E-state index contributed by atoms with van der Waals surface area (Å²) in [5, 5.41) is 11.5. The number of aromatic nitrogens is 2. The third-order valence-corrected chi connectivity index (χ3v) is 3.27. The average Bonchev–Trinajstić information content (AvgIpc) is 2.46. The van der Waals surface area contributed by atoms with Gasteiger partial charge in [0.1, 0.15) is 24.5 Å². The molecule has 0 amide bonds. The van der Waals surface area contributed by atoms with Crippen molar-refractivity contribution in [2.75, 3.05) is 43.6 Å². The molecule has 0 aliphatic carbocycles. The van der Waals surface area contributed by atoms with Crippen molar-refractivity contribution in [2.45, 2.75) is 12.8 Å². The summed E-state index contributed by atoms with van der Waals surface area (Å²) in [6.45, 7) is 2.94. The smallest absolute Gasteiger partial charge is 0.133 e. The maximum Gasteiger partial charge on any atom is 0.133 e. The molecule has 1 aromatic rings. The van der Waals surface area contributed by atoms with E-state index < -0.39 is 0 Å². The Hall–Kier alpha value is -1.87. The number of nitriles is 1. The number of anilines is 2. The lowest BCUT2D eigenvalue weighted by molar-refractivity contribution is 0.0685. The zero-order valence-corrected chi connectivity index (χ0v) is 11.2. The van der Waals surface area contributed by atoms with Crippen molar-refractivity contribution in [1.82, 2.24) is 9.97 Å². The fourth-order valence-electron chi connectivity index (χ4n) is 2.19. The molecule has 0 bridgehead atoms. The number of hydrogen-bond donors (Lipinski definition) is 1. The second-order valence-electron chi connectivity index (χ2n) is 4.71. The average molecular weight is 261 g/mol. The fourth-order valence-corrected chi connectivity index (χ4v) is 2.19. The first-order chi connectivity index (χ1) is 9.29. The molecule has 0 spiro atoms. The molecule has 19 heavy (non-hydrogen) atoms. The van der Waals surface area contributed by atoms with E-state index in [9.17, 15) is 0 Å². The SMILES string of the molecule is CN(CC1CCOCC1)c1cc(NCC#N)ncn1. The highest BCUT2D eigenvalue weighted by Crippen LogP contribution is 2.19. The molecule has 1 aliphatic heterocycles. The lowest BCUT2D eigenvalue weighted by Crippen LogP contribution is -2.30. The summed E-state index contributed by atoms with van der Waals surface area (Å²) in [7, 11) is 2.03. The van der Waals surface area contributed by atoms with Gasteiger partial charge in [0.15, 0.2) is 0 Å².